The number of furan rings is 1. The van der Waals surface area contributed by atoms with Gasteiger partial charge in [0.25, 0.3) is 0 Å². The monoisotopic (exact) mass is 395 g/mol. The van der Waals surface area contributed by atoms with Crippen molar-refractivity contribution in [1.29, 1.82) is 0 Å². The van der Waals surface area contributed by atoms with E-state index in [-0.39, 0.29) is 5.25 Å². The third kappa shape index (κ3) is 3.73. The molecule has 0 radical (unpaired) electrons. The molecule has 3 heterocycles. The van der Waals surface area contributed by atoms with Crippen molar-refractivity contribution in [1.82, 2.24) is 24.9 Å². The molecule has 0 fully saturated rings. The molecule has 4 aromatic rings. The van der Waals surface area contributed by atoms with Crippen molar-refractivity contribution in [2.45, 2.75) is 44.1 Å². The minimum atomic E-state index is -0.0372. The van der Waals surface area contributed by atoms with Gasteiger partial charge in [-0.05, 0) is 25.5 Å². The van der Waals surface area contributed by atoms with Crippen molar-refractivity contribution < 1.29 is 8.94 Å². The molecule has 3 aromatic heterocycles. The molecular formula is C20H21N5O2S. The fourth-order valence-corrected chi connectivity index (χ4v) is 3.76. The van der Waals surface area contributed by atoms with E-state index in [0.717, 1.165) is 28.7 Å². The second-order valence-electron chi connectivity index (χ2n) is 6.43. The fourth-order valence-electron chi connectivity index (χ4n) is 2.89. The summed E-state index contributed by atoms with van der Waals surface area (Å²) in [5, 5.41) is 13.6. The lowest BCUT2D eigenvalue weighted by Crippen LogP contribution is -2.05. The minimum absolute atomic E-state index is 0.0372. The molecule has 4 rings (SSSR count). The van der Waals surface area contributed by atoms with Crippen LogP contribution in [-0.2, 0) is 13.0 Å². The van der Waals surface area contributed by atoms with E-state index in [1.807, 2.05) is 45.0 Å². The summed E-state index contributed by atoms with van der Waals surface area (Å²) in [6, 6.07) is 12.2. The lowest BCUT2D eigenvalue weighted by Gasteiger charge is -2.11. The predicted octanol–water partition coefficient (Wildman–Crippen LogP) is 4.69. The maximum Gasteiger partial charge on any atom is 0.239 e. The number of aryl methyl sites for hydroxylation is 2. The number of hydrogen-bond acceptors (Lipinski definition) is 7. The number of rotatable bonds is 7. The third-order valence-electron chi connectivity index (χ3n) is 4.43. The topological polar surface area (TPSA) is 82.8 Å². The molecule has 28 heavy (non-hydrogen) atoms. The van der Waals surface area contributed by atoms with Gasteiger partial charge >= 0.3 is 0 Å². The van der Waals surface area contributed by atoms with Gasteiger partial charge in [-0.2, -0.15) is 4.98 Å². The second kappa shape index (κ2) is 8.02. The lowest BCUT2D eigenvalue weighted by molar-refractivity contribution is 0.375. The molecular weight excluding hydrogens is 374 g/mol. The molecule has 0 bridgehead atoms. The predicted molar refractivity (Wildman–Crippen MR) is 106 cm³/mol. The van der Waals surface area contributed by atoms with Crippen LogP contribution in [0, 0.1) is 6.92 Å². The van der Waals surface area contributed by atoms with Crippen LogP contribution < -0.4 is 0 Å². The maximum absolute atomic E-state index is 5.48. The molecule has 0 saturated heterocycles. The van der Waals surface area contributed by atoms with Crippen LogP contribution in [0.25, 0.3) is 11.4 Å². The number of nitrogens with zero attached hydrogens (tertiary/aromatic N) is 5. The fraction of sp³-hybridized carbons (Fsp3) is 0.300. The zero-order valence-corrected chi connectivity index (χ0v) is 16.8. The molecule has 1 aromatic carbocycles. The van der Waals surface area contributed by atoms with Crippen molar-refractivity contribution in [3.63, 3.8) is 0 Å². The maximum atomic E-state index is 5.48. The van der Waals surface area contributed by atoms with Gasteiger partial charge in [-0.15, -0.1) is 10.2 Å². The van der Waals surface area contributed by atoms with Crippen molar-refractivity contribution in [3.8, 4) is 11.4 Å². The molecule has 0 saturated carbocycles. The summed E-state index contributed by atoms with van der Waals surface area (Å²) < 4.78 is 13.0. The molecule has 144 valence electrons. The Labute approximate surface area is 167 Å². The van der Waals surface area contributed by atoms with Crippen molar-refractivity contribution in [2.24, 2.45) is 0 Å². The minimum Gasteiger partial charge on any atom is -0.469 e. The van der Waals surface area contributed by atoms with Gasteiger partial charge in [0.2, 0.25) is 5.89 Å². The van der Waals surface area contributed by atoms with Crippen LogP contribution in [0.15, 0.2) is 56.8 Å². The zero-order valence-electron chi connectivity index (χ0n) is 16.0. The van der Waals surface area contributed by atoms with Gasteiger partial charge in [0, 0.05) is 6.42 Å². The molecule has 1 atom stereocenters. The Balaban J connectivity index is 1.68. The average molecular weight is 395 g/mol. The Morgan fingerprint density at radius 2 is 1.96 bits per heavy atom. The van der Waals surface area contributed by atoms with E-state index in [1.165, 1.54) is 5.56 Å². The SMILES string of the molecule is CCc1noc(C(C)Sc2nnc(-c3ccoc3C)n2Cc2ccccc2)n1. The largest absolute Gasteiger partial charge is 0.469 e. The lowest BCUT2D eigenvalue weighted by atomic mass is 10.2. The van der Waals surface area contributed by atoms with Gasteiger partial charge in [0.1, 0.15) is 5.76 Å². The molecule has 7 nitrogen and oxygen atoms in total. The first-order valence-electron chi connectivity index (χ1n) is 9.16. The first kappa shape index (κ1) is 18.5. The van der Waals surface area contributed by atoms with Crippen LogP contribution in [0.1, 0.15) is 42.1 Å². The molecule has 0 spiro atoms. The Morgan fingerprint density at radius 1 is 1.14 bits per heavy atom. The first-order chi connectivity index (χ1) is 13.7. The van der Waals surface area contributed by atoms with Crippen molar-refractivity contribution in [3.05, 3.63) is 65.7 Å². The van der Waals surface area contributed by atoms with E-state index in [4.69, 9.17) is 8.94 Å². The quantitative estimate of drug-likeness (QED) is 0.420. The summed E-state index contributed by atoms with van der Waals surface area (Å²) in [6.07, 6.45) is 2.42. The zero-order chi connectivity index (χ0) is 19.5. The third-order valence-corrected chi connectivity index (χ3v) is 5.50. The average Bonchev–Trinajstić information content (AvgIpc) is 3.43. The van der Waals surface area contributed by atoms with Gasteiger partial charge in [-0.3, -0.25) is 4.57 Å². The highest BCUT2D eigenvalue weighted by Gasteiger charge is 2.22. The van der Waals surface area contributed by atoms with Crippen LogP contribution in [-0.4, -0.2) is 24.9 Å². The normalized spacial score (nSPS) is 12.4. The number of aromatic nitrogens is 5. The van der Waals surface area contributed by atoms with Crippen LogP contribution in [0.2, 0.25) is 0 Å². The molecule has 8 heteroatoms. The van der Waals surface area contributed by atoms with Crippen LogP contribution >= 0.6 is 11.8 Å². The second-order valence-corrected chi connectivity index (χ2v) is 7.74. The Morgan fingerprint density at radius 3 is 2.64 bits per heavy atom. The van der Waals surface area contributed by atoms with Gasteiger partial charge in [0.15, 0.2) is 16.8 Å². The molecule has 0 aliphatic heterocycles. The summed E-state index contributed by atoms with van der Waals surface area (Å²) in [7, 11) is 0. The molecule has 0 aliphatic rings. The van der Waals surface area contributed by atoms with Crippen LogP contribution in [0.5, 0.6) is 0 Å². The Kier molecular flexibility index (Phi) is 5.29. The molecule has 0 aliphatic carbocycles. The highest BCUT2D eigenvalue weighted by Crippen LogP contribution is 2.35. The van der Waals surface area contributed by atoms with Gasteiger partial charge < -0.3 is 8.94 Å². The van der Waals surface area contributed by atoms with E-state index >= 15 is 0 Å². The van der Waals surface area contributed by atoms with E-state index in [9.17, 15) is 0 Å². The summed E-state index contributed by atoms with van der Waals surface area (Å²) in [6.45, 7) is 6.62. The van der Waals surface area contributed by atoms with E-state index in [2.05, 4.69) is 37.0 Å². The summed E-state index contributed by atoms with van der Waals surface area (Å²) in [4.78, 5) is 4.44. The molecule has 0 amide bonds. The number of hydrogen-bond donors (Lipinski definition) is 0. The Bertz CT molecular complexity index is 1050. The molecule has 1 unspecified atom stereocenters. The van der Waals surface area contributed by atoms with Crippen molar-refractivity contribution >= 4 is 11.8 Å². The summed E-state index contributed by atoms with van der Waals surface area (Å²) in [5.74, 6) is 2.90. The van der Waals surface area contributed by atoms with E-state index < -0.39 is 0 Å². The highest BCUT2D eigenvalue weighted by atomic mass is 32.2. The summed E-state index contributed by atoms with van der Waals surface area (Å²) in [5.41, 5.74) is 2.11. The highest BCUT2D eigenvalue weighted by molar-refractivity contribution is 7.99. The van der Waals surface area contributed by atoms with Gasteiger partial charge in [-0.25, -0.2) is 0 Å². The van der Waals surface area contributed by atoms with Gasteiger partial charge in [-0.1, -0.05) is 54.2 Å². The number of thioether (sulfide) groups is 1. The van der Waals surface area contributed by atoms with Crippen LogP contribution in [0.4, 0.5) is 0 Å². The smallest absolute Gasteiger partial charge is 0.239 e. The summed E-state index contributed by atoms with van der Waals surface area (Å²) >= 11 is 1.55. The van der Waals surface area contributed by atoms with Crippen molar-refractivity contribution in [2.75, 3.05) is 0 Å². The van der Waals surface area contributed by atoms with E-state index in [1.54, 1.807) is 18.0 Å². The van der Waals surface area contributed by atoms with Crippen LogP contribution in [0.3, 0.4) is 0 Å². The Hall–Kier alpha value is -2.87. The molecule has 0 N–H and O–H groups in total. The standard InChI is InChI=1S/C20H21N5O2S/c1-4-17-21-19(27-24-17)14(3)28-20-23-22-18(16-10-11-26-13(16)2)25(20)12-15-8-6-5-7-9-15/h5-11,14H,4,12H2,1-3H3. The van der Waals surface area contributed by atoms with E-state index in [0.29, 0.717) is 18.3 Å². The number of benzene rings is 1. The first-order valence-corrected chi connectivity index (χ1v) is 10.0. The van der Waals surface area contributed by atoms with Gasteiger partial charge in [0.05, 0.1) is 23.6 Å².